The van der Waals surface area contributed by atoms with E-state index in [0.29, 0.717) is 10.0 Å². The van der Waals surface area contributed by atoms with Crippen molar-refractivity contribution in [2.24, 2.45) is 5.10 Å². The van der Waals surface area contributed by atoms with E-state index in [1.54, 1.807) is 30.3 Å². The van der Waals surface area contributed by atoms with Gasteiger partial charge in [-0.2, -0.15) is 5.10 Å². The number of sulfonamides is 1. The van der Waals surface area contributed by atoms with Crippen LogP contribution in [0.3, 0.4) is 0 Å². The van der Waals surface area contributed by atoms with Crippen molar-refractivity contribution < 1.29 is 13.2 Å². The molecular formula is C27H22Cl4N4O3S. The Bertz CT molecular complexity index is 1670. The van der Waals surface area contributed by atoms with Crippen molar-refractivity contribution in [1.29, 1.82) is 0 Å². The number of hydrogen-bond donors (Lipinski definition) is 1. The van der Waals surface area contributed by atoms with Gasteiger partial charge >= 0.3 is 0 Å². The minimum Gasteiger partial charge on any atom is -0.318 e. The van der Waals surface area contributed by atoms with Gasteiger partial charge in [0.1, 0.15) is 6.54 Å². The summed E-state index contributed by atoms with van der Waals surface area (Å²) in [6.07, 6.45) is 1.49. The van der Waals surface area contributed by atoms with E-state index in [-0.39, 0.29) is 20.6 Å². The fraction of sp³-hybridized carbons (Fsp3) is 0.111. The zero-order chi connectivity index (χ0) is 28.3. The van der Waals surface area contributed by atoms with E-state index in [2.05, 4.69) is 10.5 Å². The topological polar surface area (TPSA) is 83.8 Å². The monoisotopic (exact) mass is 622 g/mol. The number of hydrogen-bond acceptors (Lipinski definition) is 4. The summed E-state index contributed by atoms with van der Waals surface area (Å²) in [5, 5.41) is 5.35. The van der Waals surface area contributed by atoms with E-state index >= 15 is 0 Å². The van der Waals surface area contributed by atoms with Gasteiger partial charge in [0, 0.05) is 22.6 Å². The summed E-state index contributed by atoms with van der Waals surface area (Å²) in [7, 11) is -4.11. The summed E-state index contributed by atoms with van der Waals surface area (Å²) in [6, 6.07) is 19.3. The molecule has 4 rings (SSSR count). The number of benzene rings is 3. The van der Waals surface area contributed by atoms with E-state index in [9.17, 15) is 13.2 Å². The van der Waals surface area contributed by atoms with Crippen LogP contribution in [-0.2, 0) is 14.8 Å². The Hall–Kier alpha value is -3.01. The third-order valence-electron chi connectivity index (χ3n) is 5.83. The molecule has 0 aliphatic rings. The van der Waals surface area contributed by atoms with E-state index in [0.717, 1.165) is 26.9 Å². The minimum absolute atomic E-state index is 0.0158. The SMILES string of the molecule is Cc1cc(/C=N/NC(=O)CN(c2ccc(Cl)c(Cl)c2)S(=O)(=O)c2ccccc2)c(C)n1-c1ccc(Cl)c(Cl)c1. The second-order valence-corrected chi connectivity index (χ2v) is 12.0. The Kier molecular flexibility index (Phi) is 8.93. The number of halogens is 4. The quantitative estimate of drug-likeness (QED) is 0.169. The minimum atomic E-state index is -4.11. The third kappa shape index (κ3) is 6.42. The van der Waals surface area contributed by atoms with Crippen molar-refractivity contribution in [2.45, 2.75) is 18.7 Å². The molecule has 0 radical (unpaired) electrons. The zero-order valence-electron chi connectivity index (χ0n) is 20.7. The maximum Gasteiger partial charge on any atom is 0.264 e. The molecule has 1 aromatic heterocycles. The molecule has 4 aromatic rings. The van der Waals surface area contributed by atoms with Crippen molar-refractivity contribution in [3.05, 3.63) is 110 Å². The first-order valence-electron chi connectivity index (χ1n) is 11.5. The van der Waals surface area contributed by atoms with Gasteiger partial charge in [-0.3, -0.25) is 9.10 Å². The highest BCUT2D eigenvalue weighted by Gasteiger charge is 2.27. The summed E-state index contributed by atoms with van der Waals surface area (Å²) >= 11 is 24.4. The lowest BCUT2D eigenvalue weighted by Gasteiger charge is -2.24. The molecule has 1 heterocycles. The fourth-order valence-corrected chi connectivity index (χ4v) is 5.97. The number of rotatable bonds is 8. The molecule has 0 bridgehead atoms. The number of carbonyl (C=O) groups excluding carboxylic acids is 1. The van der Waals surface area contributed by atoms with Gasteiger partial charge in [-0.25, -0.2) is 13.8 Å². The van der Waals surface area contributed by atoms with Crippen LogP contribution in [0.1, 0.15) is 17.0 Å². The Morgan fingerprint density at radius 2 is 1.54 bits per heavy atom. The van der Waals surface area contributed by atoms with E-state index in [1.165, 1.54) is 36.5 Å². The maximum atomic E-state index is 13.4. The van der Waals surface area contributed by atoms with Gasteiger partial charge in [0.05, 0.1) is 36.9 Å². The van der Waals surface area contributed by atoms with Crippen LogP contribution in [0.5, 0.6) is 0 Å². The highest BCUT2D eigenvalue weighted by molar-refractivity contribution is 7.92. The van der Waals surface area contributed by atoms with Gasteiger partial charge in [-0.05, 0) is 68.4 Å². The van der Waals surface area contributed by atoms with Gasteiger partial charge in [-0.15, -0.1) is 0 Å². The Labute approximate surface area is 246 Å². The van der Waals surface area contributed by atoms with Crippen LogP contribution in [0.4, 0.5) is 5.69 Å². The molecule has 0 aliphatic heterocycles. The summed E-state index contributed by atoms with van der Waals surface area (Å²) in [4.78, 5) is 12.9. The van der Waals surface area contributed by atoms with E-state index < -0.39 is 22.5 Å². The molecule has 0 aliphatic carbocycles. The van der Waals surface area contributed by atoms with Crippen LogP contribution in [0, 0.1) is 13.8 Å². The van der Waals surface area contributed by atoms with Crippen LogP contribution >= 0.6 is 46.4 Å². The van der Waals surface area contributed by atoms with Crippen LogP contribution in [0.15, 0.2) is 82.8 Å². The highest BCUT2D eigenvalue weighted by Crippen LogP contribution is 2.31. The number of anilines is 1. The van der Waals surface area contributed by atoms with Crippen LogP contribution in [0.2, 0.25) is 20.1 Å². The van der Waals surface area contributed by atoms with Gasteiger partial charge in [0.15, 0.2) is 0 Å². The second kappa shape index (κ2) is 12.0. The molecular weight excluding hydrogens is 602 g/mol. The molecule has 0 unspecified atom stereocenters. The lowest BCUT2D eigenvalue weighted by molar-refractivity contribution is -0.119. The van der Waals surface area contributed by atoms with Crippen molar-refractivity contribution in [2.75, 3.05) is 10.8 Å². The predicted octanol–water partition coefficient (Wildman–Crippen LogP) is 7.05. The van der Waals surface area contributed by atoms with Gasteiger partial charge < -0.3 is 4.57 Å². The summed E-state index contributed by atoms with van der Waals surface area (Å²) in [6.45, 7) is 3.28. The largest absolute Gasteiger partial charge is 0.318 e. The number of aryl methyl sites for hydroxylation is 1. The summed E-state index contributed by atoms with van der Waals surface area (Å²) in [5.41, 5.74) is 5.93. The van der Waals surface area contributed by atoms with Gasteiger partial charge in [0.25, 0.3) is 15.9 Å². The van der Waals surface area contributed by atoms with Gasteiger partial charge in [-0.1, -0.05) is 64.6 Å². The first-order chi connectivity index (χ1) is 18.5. The molecule has 0 spiro atoms. The Morgan fingerprint density at radius 3 is 2.18 bits per heavy atom. The maximum absolute atomic E-state index is 13.4. The zero-order valence-corrected chi connectivity index (χ0v) is 24.5. The Balaban J connectivity index is 1.56. The molecule has 0 atom stereocenters. The molecule has 7 nitrogen and oxygen atoms in total. The molecule has 1 N–H and O–H groups in total. The third-order valence-corrected chi connectivity index (χ3v) is 9.10. The van der Waals surface area contributed by atoms with Crippen molar-refractivity contribution in [3.8, 4) is 5.69 Å². The smallest absolute Gasteiger partial charge is 0.264 e. The lowest BCUT2D eigenvalue weighted by atomic mass is 10.2. The van der Waals surface area contributed by atoms with E-state index in [4.69, 9.17) is 46.4 Å². The standard InChI is InChI=1S/C27H22Cl4N4O3S/c1-17-12-19(18(2)35(17)21-9-11-24(29)26(31)14-21)15-32-33-27(36)16-34(20-8-10-23(28)25(30)13-20)39(37,38)22-6-4-3-5-7-22/h3-15H,16H2,1-2H3,(H,33,36)/b32-15+. The molecule has 0 saturated carbocycles. The van der Waals surface area contributed by atoms with Crippen LogP contribution in [0.25, 0.3) is 5.69 Å². The number of hydrazone groups is 1. The van der Waals surface area contributed by atoms with Crippen molar-refractivity contribution in [1.82, 2.24) is 9.99 Å². The van der Waals surface area contributed by atoms with Crippen LogP contribution in [-0.4, -0.2) is 31.7 Å². The summed E-state index contributed by atoms with van der Waals surface area (Å²) in [5.74, 6) is -0.657. The lowest BCUT2D eigenvalue weighted by Crippen LogP contribution is -2.39. The summed E-state index contributed by atoms with van der Waals surface area (Å²) < 4.78 is 29.8. The number of aromatic nitrogens is 1. The molecule has 1 amide bonds. The molecule has 0 saturated heterocycles. The highest BCUT2D eigenvalue weighted by atomic mass is 35.5. The number of carbonyl (C=O) groups is 1. The van der Waals surface area contributed by atoms with Gasteiger partial charge in [0.2, 0.25) is 0 Å². The van der Waals surface area contributed by atoms with Crippen molar-refractivity contribution in [3.63, 3.8) is 0 Å². The first kappa shape index (κ1) is 29.0. The molecule has 12 heteroatoms. The Morgan fingerprint density at radius 1 is 0.897 bits per heavy atom. The second-order valence-electron chi connectivity index (χ2n) is 8.48. The average Bonchev–Trinajstić information content (AvgIpc) is 3.19. The fourth-order valence-electron chi connectivity index (χ4n) is 3.95. The number of amides is 1. The van der Waals surface area contributed by atoms with Crippen LogP contribution < -0.4 is 9.73 Å². The molecule has 0 fully saturated rings. The molecule has 202 valence electrons. The average molecular weight is 624 g/mol. The van der Waals surface area contributed by atoms with E-state index in [1.807, 2.05) is 30.5 Å². The molecule has 39 heavy (non-hydrogen) atoms. The van der Waals surface area contributed by atoms with Crippen molar-refractivity contribution >= 4 is 74.2 Å². The first-order valence-corrected chi connectivity index (χ1v) is 14.4. The number of nitrogens with zero attached hydrogens (tertiary/aromatic N) is 3. The molecule has 3 aromatic carbocycles. The predicted molar refractivity (Wildman–Crippen MR) is 158 cm³/mol. The normalized spacial score (nSPS) is 11.6. The number of nitrogens with one attached hydrogen (secondary N) is 1.